The summed E-state index contributed by atoms with van der Waals surface area (Å²) in [4.78, 5) is 0. The Morgan fingerprint density at radius 1 is 1.08 bits per heavy atom. The molecule has 3 rings (SSSR count). The van der Waals surface area contributed by atoms with E-state index in [9.17, 15) is 0 Å². The molecule has 0 radical (unpaired) electrons. The normalized spacial score (nSPS) is 11.4. The largest absolute Gasteiger partial charge is 0.493 e. The molecule has 5 nitrogen and oxygen atoms in total. The summed E-state index contributed by atoms with van der Waals surface area (Å²) < 4.78 is 12.9. The first-order valence-electron chi connectivity index (χ1n) is 8.70. The summed E-state index contributed by atoms with van der Waals surface area (Å²) in [6.07, 6.45) is 4.03. The van der Waals surface area contributed by atoms with Crippen molar-refractivity contribution in [3.05, 3.63) is 59.8 Å². The third kappa shape index (κ3) is 3.67. The Kier molecular flexibility index (Phi) is 5.46. The van der Waals surface area contributed by atoms with E-state index in [-0.39, 0.29) is 0 Å². The molecule has 0 saturated carbocycles. The van der Waals surface area contributed by atoms with Gasteiger partial charge in [0.1, 0.15) is 0 Å². The molecule has 0 atom stereocenters. The number of hydrogen-bond acceptors (Lipinski definition) is 4. The predicted octanol–water partition coefficient (Wildman–Crippen LogP) is 4.36. The van der Waals surface area contributed by atoms with Crippen LogP contribution >= 0.6 is 0 Å². The molecule has 0 unspecified atom stereocenters. The number of benzene rings is 2. The van der Waals surface area contributed by atoms with Crippen molar-refractivity contribution >= 4 is 17.1 Å². The maximum Gasteiger partial charge on any atom is 0.161 e. The first-order valence-corrected chi connectivity index (χ1v) is 8.70. The Bertz CT molecular complexity index is 913. The van der Waals surface area contributed by atoms with Crippen molar-refractivity contribution in [3.8, 4) is 11.5 Å². The Labute approximate surface area is 154 Å². The van der Waals surface area contributed by atoms with E-state index < -0.39 is 0 Å². The van der Waals surface area contributed by atoms with Crippen LogP contribution < -0.4 is 14.9 Å². The standard InChI is InChI=1S/C21H25N3O2/c1-15(2)24-14-17(18-7-5-6-8-19(18)24)13-23-22-12-16-9-10-20(25-3)21(11-16)26-4/h5-11,13-15,22H,12H2,1-4H3/b23-13+. The first kappa shape index (κ1) is 17.9. The van der Waals surface area contributed by atoms with Crippen molar-refractivity contribution in [2.75, 3.05) is 14.2 Å². The Balaban J connectivity index is 1.73. The van der Waals surface area contributed by atoms with Gasteiger partial charge in [-0.05, 0) is 37.6 Å². The number of para-hydroxylation sites is 1. The number of fused-ring (bicyclic) bond motifs is 1. The highest BCUT2D eigenvalue weighted by Gasteiger charge is 2.08. The monoisotopic (exact) mass is 351 g/mol. The van der Waals surface area contributed by atoms with E-state index in [1.807, 2.05) is 24.4 Å². The number of nitrogens with zero attached hydrogens (tertiary/aromatic N) is 2. The third-order valence-corrected chi connectivity index (χ3v) is 4.35. The average Bonchev–Trinajstić information content (AvgIpc) is 3.04. The number of hydrogen-bond donors (Lipinski definition) is 1. The van der Waals surface area contributed by atoms with Crippen LogP contribution in [0.25, 0.3) is 10.9 Å². The molecule has 136 valence electrons. The zero-order valence-electron chi connectivity index (χ0n) is 15.7. The molecule has 0 bridgehead atoms. The van der Waals surface area contributed by atoms with Crippen LogP contribution in [0.3, 0.4) is 0 Å². The highest BCUT2D eigenvalue weighted by molar-refractivity contribution is 5.99. The zero-order chi connectivity index (χ0) is 18.5. The molecule has 5 heteroatoms. The van der Waals surface area contributed by atoms with Gasteiger partial charge >= 0.3 is 0 Å². The van der Waals surface area contributed by atoms with E-state index in [2.05, 4.69) is 59.4 Å². The average molecular weight is 351 g/mol. The van der Waals surface area contributed by atoms with Crippen LogP contribution in [0.1, 0.15) is 31.0 Å². The van der Waals surface area contributed by atoms with Gasteiger partial charge in [0, 0.05) is 28.7 Å². The molecule has 3 aromatic rings. The van der Waals surface area contributed by atoms with Crippen LogP contribution in [0, 0.1) is 0 Å². The fraction of sp³-hybridized carbons (Fsp3) is 0.286. The highest BCUT2D eigenvalue weighted by atomic mass is 16.5. The van der Waals surface area contributed by atoms with E-state index in [4.69, 9.17) is 9.47 Å². The molecule has 26 heavy (non-hydrogen) atoms. The minimum atomic E-state index is 0.404. The van der Waals surface area contributed by atoms with E-state index in [1.165, 1.54) is 10.9 Å². The Morgan fingerprint density at radius 2 is 1.85 bits per heavy atom. The topological polar surface area (TPSA) is 47.8 Å². The summed E-state index contributed by atoms with van der Waals surface area (Å²) in [5, 5.41) is 5.60. The minimum absolute atomic E-state index is 0.404. The molecular formula is C21H25N3O2. The number of ether oxygens (including phenoxy) is 2. The molecule has 0 aliphatic rings. The summed E-state index contributed by atoms with van der Waals surface area (Å²) in [6, 6.07) is 14.6. The Hall–Kier alpha value is -2.95. The molecule has 0 saturated heterocycles. The van der Waals surface area contributed by atoms with Gasteiger partial charge in [0.05, 0.1) is 27.0 Å². The highest BCUT2D eigenvalue weighted by Crippen LogP contribution is 2.27. The summed E-state index contributed by atoms with van der Waals surface area (Å²) in [5.41, 5.74) is 6.51. The fourth-order valence-corrected chi connectivity index (χ4v) is 3.00. The van der Waals surface area contributed by atoms with Gasteiger partial charge in [-0.15, -0.1) is 0 Å². The maximum absolute atomic E-state index is 5.33. The second kappa shape index (κ2) is 7.95. The zero-order valence-corrected chi connectivity index (χ0v) is 15.7. The van der Waals surface area contributed by atoms with Crippen LogP contribution in [-0.2, 0) is 6.54 Å². The molecular weight excluding hydrogens is 326 g/mol. The van der Waals surface area contributed by atoms with Gasteiger partial charge in [0.25, 0.3) is 0 Å². The molecule has 0 spiro atoms. The van der Waals surface area contributed by atoms with Crippen LogP contribution in [0.15, 0.2) is 53.8 Å². The van der Waals surface area contributed by atoms with E-state index >= 15 is 0 Å². The number of hydrazone groups is 1. The quantitative estimate of drug-likeness (QED) is 0.508. The van der Waals surface area contributed by atoms with E-state index in [0.717, 1.165) is 22.6 Å². The summed E-state index contributed by atoms with van der Waals surface area (Å²) in [6.45, 7) is 4.98. The van der Waals surface area contributed by atoms with Gasteiger partial charge < -0.3 is 19.5 Å². The van der Waals surface area contributed by atoms with Crippen LogP contribution in [0.2, 0.25) is 0 Å². The lowest BCUT2D eigenvalue weighted by atomic mass is 10.2. The second-order valence-electron chi connectivity index (χ2n) is 6.39. The van der Waals surface area contributed by atoms with Gasteiger partial charge in [-0.2, -0.15) is 5.10 Å². The van der Waals surface area contributed by atoms with Gasteiger partial charge in [-0.1, -0.05) is 24.3 Å². The molecule has 0 fully saturated rings. The lowest BCUT2D eigenvalue weighted by molar-refractivity contribution is 0.354. The molecule has 1 N–H and O–H groups in total. The van der Waals surface area contributed by atoms with Crippen molar-refractivity contribution in [1.29, 1.82) is 0 Å². The van der Waals surface area contributed by atoms with Gasteiger partial charge in [0.15, 0.2) is 11.5 Å². The van der Waals surface area contributed by atoms with Crippen molar-refractivity contribution < 1.29 is 9.47 Å². The number of aromatic nitrogens is 1. The molecule has 0 aliphatic heterocycles. The molecule has 1 heterocycles. The smallest absolute Gasteiger partial charge is 0.161 e. The number of rotatable bonds is 7. The number of nitrogens with one attached hydrogen (secondary N) is 1. The Morgan fingerprint density at radius 3 is 2.58 bits per heavy atom. The summed E-state index contributed by atoms with van der Waals surface area (Å²) in [5.74, 6) is 1.44. The summed E-state index contributed by atoms with van der Waals surface area (Å²) >= 11 is 0. The molecule has 1 aromatic heterocycles. The molecule has 0 amide bonds. The molecule has 2 aromatic carbocycles. The van der Waals surface area contributed by atoms with Crippen LogP contribution in [-0.4, -0.2) is 25.0 Å². The predicted molar refractivity (Wildman–Crippen MR) is 106 cm³/mol. The lowest BCUT2D eigenvalue weighted by Gasteiger charge is -2.09. The van der Waals surface area contributed by atoms with Crippen molar-refractivity contribution in [2.45, 2.75) is 26.4 Å². The van der Waals surface area contributed by atoms with Gasteiger partial charge in [-0.25, -0.2) is 0 Å². The lowest BCUT2D eigenvalue weighted by Crippen LogP contribution is -2.06. The minimum Gasteiger partial charge on any atom is -0.493 e. The van der Waals surface area contributed by atoms with E-state index in [1.54, 1.807) is 14.2 Å². The fourth-order valence-electron chi connectivity index (χ4n) is 3.00. The van der Waals surface area contributed by atoms with Crippen LogP contribution in [0.4, 0.5) is 0 Å². The number of methoxy groups -OCH3 is 2. The second-order valence-corrected chi connectivity index (χ2v) is 6.39. The van der Waals surface area contributed by atoms with E-state index in [0.29, 0.717) is 12.6 Å². The third-order valence-electron chi connectivity index (χ3n) is 4.35. The maximum atomic E-state index is 5.33. The van der Waals surface area contributed by atoms with Gasteiger partial charge in [-0.3, -0.25) is 0 Å². The summed E-state index contributed by atoms with van der Waals surface area (Å²) in [7, 11) is 3.27. The van der Waals surface area contributed by atoms with Crippen molar-refractivity contribution in [2.24, 2.45) is 5.10 Å². The SMILES string of the molecule is COc1ccc(CN/N=C/c2cn(C(C)C)c3ccccc23)cc1OC. The van der Waals surface area contributed by atoms with Gasteiger partial charge in [0.2, 0.25) is 0 Å². The van der Waals surface area contributed by atoms with Crippen LogP contribution in [0.5, 0.6) is 11.5 Å². The van der Waals surface area contributed by atoms with Crippen molar-refractivity contribution in [1.82, 2.24) is 9.99 Å². The first-order chi connectivity index (χ1) is 12.6. The molecule has 0 aliphatic carbocycles. The van der Waals surface area contributed by atoms with Crippen molar-refractivity contribution in [3.63, 3.8) is 0 Å².